The van der Waals surface area contributed by atoms with Gasteiger partial charge in [-0.25, -0.2) is 0 Å². The third-order valence-electron chi connectivity index (χ3n) is 5.06. The Morgan fingerprint density at radius 1 is 1.00 bits per heavy atom. The van der Waals surface area contributed by atoms with Gasteiger partial charge in [-0.3, -0.25) is 9.69 Å². The van der Waals surface area contributed by atoms with Gasteiger partial charge in [-0.1, -0.05) is 25.7 Å². The van der Waals surface area contributed by atoms with Crippen molar-refractivity contribution in [1.82, 2.24) is 15.5 Å². The molecule has 4 nitrogen and oxygen atoms in total. The van der Waals surface area contributed by atoms with Crippen LogP contribution in [0.4, 0.5) is 0 Å². The van der Waals surface area contributed by atoms with Crippen LogP contribution in [0.5, 0.6) is 0 Å². The van der Waals surface area contributed by atoms with Gasteiger partial charge in [-0.05, 0) is 47.0 Å². The Hall–Kier alpha value is -0.610. The van der Waals surface area contributed by atoms with E-state index < -0.39 is 0 Å². The largest absolute Gasteiger partial charge is 0.353 e. The highest BCUT2D eigenvalue weighted by atomic mass is 16.2. The van der Waals surface area contributed by atoms with Crippen LogP contribution in [0.3, 0.4) is 0 Å². The van der Waals surface area contributed by atoms with E-state index in [0.717, 1.165) is 13.0 Å². The third-order valence-corrected chi connectivity index (χ3v) is 5.06. The van der Waals surface area contributed by atoms with Crippen LogP contribution >= 0.6 is 0 Å². The first-order valence-electron chi connectivity index (χ1n) is 9.29. The summed E-state index contributed by atoms with van der Waals surface area (Å²) >= 11 is 0. The molecule has 1 aliphatic carbocycles. The highest BCUT2D eigenvalue weighted by Crippen LogP contribution is 2.24. The van der Waals surface area contributed by atoms with Crippen molar-refractivity contribution >= 4 is 5.91 Å². The van der Waals surface area contributed by atoms with Crippen molar-refractivity contribution in [2.24, 2.45) is 0 Å². The molecule has 0 radical (unpaired) electrons. The second-order valence-corrected chi connectivity index (χ2v) is 7.76. The van der Waals surface area contributed by atoms with Gasteiger partial charge >= 0.3 is 0 Å². The minimum atomic E-state index is 0.0330. The van der Waals surface area contributed by atoms with E-state index in [1.165, 1.54) is 38.5 Å². The monoisotopic (exact) mass is 309 g/mol. The molecule has 1 aliphatic heterocycles. The summed E-state index contributed by atoms with van der Waals surface area (Å²) < 4.78 is 0. The fourth-order valence-electron chi connectivity index (χ4n) is 3.97. The van der Waals surface area contributed by atoms with Gasteiger partial charge in [-0.15, -0.1) is 0 Å². The van der Waals surface area contributed by atoms with Gasteiger partial charge < -0.3 is 10.6 Å². The molecular weight excluding hydrogens is 274 g/mol. The predicted octanol–water partition coefficient (Wildman–Crippen LogP) is 2.67. The third kappa shape index (κ3) is 4.95. The van der Waals surface area contributed by atoms with Crippen molar-refractivity contribution in [3.05, 3.63) is 0 Å². The fourth-order valence-corrected chi connectivity index (χ4v) is 3.97. The first kappa shape index (κ1) is 17.7. The van der Waals surface area contributed by atoms with Gasteiger partial charge in [0.25, 0.3) is 0 Å². The van der Waals surface area contributed by atoms with Crippen LogP contribution in [0, 0.1) is 0 Å². The van der Waals surface area contributed by atoms with Gasteiger partial charge in [0.1, 0.15) is 0 Å². The van der Waals surface area contributed by atoms with Crippen molar-refractivity contribution in [2.45, 2.75) is 103 Å². The van der Waals surface area contributed by atoms with Crippen LogP contribution in [-0.4, -0.2) is 47.6 Å². The van der Waals surface area contributed by atoms with Crippen LogP contribution in [0.2, 0.25) is 0 Å². The molecule has 2 aliphatic rings. The highest BCUT2D eigenvalue weighted by molar-refractivity contribution is 5.82. The van der Waals surface area contributed by atoms with Crippen molar-refractivity contribution in [2.75, 3.05) is 6.54 Å². The summed E-state index contributed by atoms with van der Waals surface area (Å²) in [7, 11) is 0. The Morgan fingerprint density at radius 3 is 2.18 bits per heavy atom. The van der Waals surface area contributed by atoms with Crippen molar-refractivity contribution in [3.8, 4) is 0 Å². The van der Waals surface area contributed by atoms with E-state index in [1.807, 2.05) is 13.8 Å². The van der Waals surface area contributed by atoms with E-state index in [2.05, 4.69) is 29.4 Å². The maximum absolute atomic E-state index is 12.5. The number of carbonyl (C=O) groups excluding carboxylic acids is 1. The quantitative estimate of drug-likeness (QED) is 0.768. The molecule has 0 aromatic carbocycles. The molecule has 2 N–H and O–H groups in total. The van der Waals surface area contributed by atoms with Crippen LogP contribution in [0.1, 0.15) is 72.6 Å². The fraction of sp³-hybridized carbons (Fsp3) is 0.944. The molecule has 2 fully saturated rings. The van der Waals surface area contributed by atoms with Gasteiger partial charge in [0.05, 0.1) is 6.04 Å². The molecule has 0 aromatic rings. The molecule has 2 rings (SSSR count). The van der Waals surface area contributed by atoms with Crippen LogP contribution in [0.15, 0.2) is 0 Å². The second-order valence-electron chi connectivity index (χ2n) is 7.76. The number of carbonyl (C=O) groups is 1. The maximum Gasteiger partial charge on any atom is 0.237 e. The first-order valence-corrected chi connectivity index (χ1v) is 9.29. The van der Waals surface area contributed by atoms with Crippen LogP contribution < -0.4 is 10.6 Å². The molecule has 128 valence electrons. The summed E-state index contributed by atoms with van der Waals surface area (Å²) in [5.74, 6) is 0.203. The number of likely N-dealkylation sites (tertiary alicyclic amines) is 1. The Kier molecular flexibility index (Phi) is 6.69. The molecule has 1 saturated carbocycles. The molecule has 2 atom stereocenters. The zero-order valence-corrected chi connectivity index (χ0v) is 14.9. The Balaban J connectivity index is 1.92. The summed E-state index contributed by atoms with van der Waals surface area (Å²) in [4.78, 5) is 14.8. The van der Waals surface area contributed by atoms with Crippen molar-refractivity contribution in [1.29, 1.82) is 0 Å². The standard InChI is InChI=1S/C18H35N3O/c1-13(2)19-18(22)17-11-16(12-21(17)14(3)4)20-15-9-7-5-6-8-10-15/h13-17,20H,5-12H2,1-4H3,(H,19,22)/t16-,17+/m1/s1. The molecule has 22 heavy (non-hydrogen) atoms. The number of amides is 1. The lowest BCUT2D eigenvalue weighted by Gasteiger charge is -2.28. The number of hydrogen-bond donors (Lipinski definition) is 2. The zero-order valence-electron chi connectivity index (χ0n) is 14.9. The SMILES string of the molecule is CC(C)NC(=O)[C@@H]1C[C@@H](NC2CCCCCC2)CN1C(C)C. The summed E-state index contributed by atoms with van der Waals surface area (Å²) in [5.41, 5.74) is 0. The zero-order chi connectivity index (χ0) is 16.1. The first-order chi connectivity index (χ1) is 10.5. The Bertz CT molecular complexity index is 348. The topological polar surface area (TPSA) is 44.4 Å². The van der Waals surface area contributed by atoms with E-state index >= 15 is 0 Å². The lowest BCUT2D eigenvalue weighted by molar-refractivity contribution is -0.126. The molecule has 1 amide bonds. The minimum Gasteiger partial charge on any atom is -0.353 e. The van der Waals surface area contributed by atoms with E-state index in [1.54, 1.807) is 0 Å². The highest BCUT2D eigenvalue weighted by Gasteiger charge is 2.38. The molecule has 1 heterocycles. The molecule has 1 saturated heterocycles. The van der Waals surface area contributed by atoms with Crippen LogP contribution in [0.25, 0.3) is 0 Å². The second kappa shape index (κ2) is 8.30. The smallest absolute Gasteiger partial charge is 0.237 e. The minimum absolute atomic E-state index is 0.0330. The molecule has 0 spiro atoms. The van der Waals surface area contributed by atoms with Crippen molar-refractivity contribution < 1.29 is 4.79 Å². The predicted molar refractivity (Wildman–Crippen MR) is 91.9 cm³/mol. The van der Waals surface area contributed by atoms with Gasteiger partial charge in [0.15, 0.2) is 0 Å². The average molecular weight is 309 g/mol. The lowest BCUT2D eigenvalue weighted by Crippen LogP contribution is -2.47. The van der Waals surface area contributed by atoms with Gasteiger partial charge in [0.2, 0.25) is 5.91 Å². The van der Waals surface area contributed by atoms with Gasteiger partial charge in [-0.2, -0.15) is 0 Å². The van der Waals surface area contributed by atoms with E-state index in [4.69, 9.17) is 0 Å². The molecular formula is C18H35N3O. The number of nitrogens with one attached hydrogen (secondary N) is 2. The lowest BCUT2D eigenvalue weighted by atomic mass is 10.1. The summed E-state index contributed by atoms with van der Waals surface area (Å²) in [6.45, 7) is 9.47. The summed E-state index contributed by atoms with van der Waals surface area (Å²) in [5, 5.41) is 6.95. The maximum atomic E-state index is 12.5. The summed E-state index contributed by atoms with van der Waals surface area (Å²) in [6, 6.07) is 1.80. The Morgan fingerprint density at radius 2 is 1.64 bits per heavy atom. The van der Waals surface area contributed by atoms with E-state index in [-0.39, 0.29) is 18.0 Å². The molecule has 0 bridgehead atoms. The molecule has 0 unspecified atom stereocenters. The summed E-state index contributed by atoms with van der Waals surface area (Å²) in [6.07, 6.45) is 9.06. The molecule has 0 aromatic heterocycles. The number of hydrogen-bond acceptors (Lipinski definition) is 3. The van der Waals surface area contributed by atoms with E-state index in [0.29, 0.717) is 18.1 Å². The van der Waals surface area contributed by atoms with Crippen molar-refractivity contribution in [3.63, 3.8) is 0 Å². The molecule has 4 heteroatoms. The van der Waals surface area contributed by atoms with Crippen LogP contribution in [-0.2, 0) is 4.79 Å². The van der Waals surface area contributed by atoms with Gasteiger partial charge in [0, 0.05) is 30.7 Å². The normalized spacial score (nSPS) is 28.3. The van der Waals surface area contributed by atoms with E-state index in [9.17, 15) is 4.79 Å². The Labute approximate surface area is 136 Å². The number of nitrogens with zero attached hydrogens (tertiary/aromatic N) is 1. The average Bonchev–Trinajstić information content (AvgIpc) is 2.69. The number of rotatable bonds is 5.